The molecule has 0 aromatic heterocycles. The Balaban J connectivity index is 2.02. The van der Waals surface area contributed by atoms with E-state index in [2.05, 4.69) is 39.9 Å². The monoisotopic (exact) mass is 359 g/mol. The van der Waals surface area contributed by atoms with Gasteiger partial charge in [-0.3, -0.25) is 5.43 Å². The zero-order valence-corrected chi connectivity index (χ0v) is 16.0. The van der Waals surface area contributed by atoms with Crippen LogP contribution in [0.4, 0.5) is 11.4 Å². The third kappa shape index (κ3) is 5.31. The van der Waals surface area contributed by atoms with E-state index in [-0.39, 0.29) is 6.10 Å². The average Bonchev–Trinajstić information content (AvgIpc) is 2.67. The quantitative estimate of drug-likeness (QED) is 0.466. The van der Waals surface area contributed by atoms with Crippen LogP contribution < -0.4 is 15.6 Å². The number of hydrogen-bond donors (Lipinski definition) is 3. The summed E-state index contributed by atoms with van der Waals surface area (Å²) in [6.07, 6.45) is 3.05. The predicted molar refractivity (Wildman–Crippen MR) is 108 cm³/mol. The molecule has 1 aliphatic rings. The number of hydrazone groups is 1. The molecule has 1 aliphatic carbocycles. The molecule has 2 rings (SSSR count). The Morgan fingerprint density at radius 1 is 1.27 bits per heavy atom. The number of allylic oxidation sites excluding steroid dienone is 1. The first-order chi connectivity index (χ1) is 12.6. The van der Waals surface area contributed by atoms with Gasteiger partial charge in [0.15, 0.2) is 0 Å². The second-order valence-electron chi connectivity index (χ2n) is 6.19. The van der Waals surface area contributed by atoms with Gasteiger partial charge in [-0.25, -0.2) is 0 Å². The van der Waals surface area contributed by atoms with Crippen LogP contribution in [-0.4, -0.2) is 58.9 Å². The van der Waals surface area contributed by atoms with Crippen LogP contribution in [0.15, 0.2) is 41.2 Å². The summed E-state index contributed by atoms with van der Waals surface area (Å²) in [5.41, 5.74) is 6.27. The van der Waals surface area contributed by atoms with Crippen LogP contribution in [0.1, 0.15) is 12.8 Å². The van der Waals surface area contributed by atoms with Gasteiger partial charge in [0, 0.05) is 38.9 Å². The fourth-order valence-corrected chi connectivity index (χ4v) is 2.74. The third-order valence-electron chi connectivity index (χ3n) is 4.34. The molecule has 1 atom stereocenters. The lowest BCUT2D eigenvalue weighted by Gasteiger charge is -2.22. The number of ether oxygens (including phenoxy) is 2. The molecule has 0 aliphatic heterocycles. The number of hydrogen-bond acceptors (Lipinski definition) is 7. The van der Waals surface area contributed by atoms with Crippen molar-refractivity contribution in [2.75, 3.05) is 51.7 Å². The van der Waals surface area contributed by atoms with Crippen molar-refractivity contribution in [1.29, 1.82) is 5.41 Å². The highest BCUT2D eigenvalue weighted by atomic mass is 16.5. The number of anilines is 2. The average molecular weight is 359 g/mol. The van der Waals surface area contributed by atoms with E-state index in [4.69, 9.17) is 14.9 Å². The molecule has 1 unspecified atom stereocenters. The largest absolute Gasteiger partial charge is 0.495 e. The summed E-state index contributed by atoms with van der Waals surface area (Å²) >= 11 is 0. The molecule has 142 valence electrons. The third-order valence-corrected chi connectivity index (χ3v) is 4.34. The Labute approximate surface area is 155 Å². The SMILES string of the molecule is CNCCCN(C)c1ccc(NN=C2C=C(OC)C(=N)CC2OC)cc1. The molecule has 26 heavy (non-hydrogen) atoms. The predicted octanol–water partition coefficient (Wildman–Crippen LogP) is 2.47. The molecule has 0 fully saturated rings. The minimum Gasteiger partial charge on any atom is -0.495 e. The minimum absolute atomic E-state index is 0.244. The van der Waals surface area contributed by atoms with Crippen molar-refractivity contribution in [3.8, 4) is 0 Å². The first-order valence-electron chi connectivity index (χ1n) is 8.74. The maximum atomic E-state index is 7.93. The Hall–Kier alpha value is -2.38. The van der Waals surface area contributed by atoms with Gasteiger partial charge >= 0.3 is 0 Å². The first kappa shape index (κ1) is 19.9. The normalized spacial score (nSPS) is 18.6. The number of benzene rings is 1. The Morgan fingerprint density at radius 2 is 2.00 bits per heavy atom. The van der Waals surface area contributed by atoms with Crippen molar-refractivity contribution in [3.63, 3.8) is 0 Å². The molecule has 3 N–H and O–H groups in total. The molecule has 0 saturated heterocycles. The van der Waals surface area contributed by atoms with Crippen LogP contribution in [0.25, 0.3) is 0 Å². The van der Waals surface area contributed by atoms with E-state index in [0.717, 1.165) is 25.2 Å². The van der Waals surface area contributed by atoms with Crippen LogP contribution in [0.5, 0.6) is 0 Å². The highest BCUT2D eigenvalue weighted by molar-refractivity contribution is 6.12. The number of nitrogens with zero attached hydrogens (tertiary/aromatic N) is 2. The van der Waals surface area contributed by atoms with E-state index >= 15 is 0 Å². The van der Waals surface area contributed by atoms with Crippen LogP contribution in [-0.2, 0) is 9.47 Å². The van der Waals surface area contributed by atoms with E-state index in [1.165, 1.54) is 5.69 Å². The number of nitrogens with one attached hydrogen (secondary N) is 3. The standard InChI is InChI=1S/C19H29N5O2/c1-21-10-5-11-24(2)15-8-6-14(7-9-15)22-23-17-13-18(25-3)16(20)12-19(17)26-4/h6-9,13,19-22H,5,10-12H2,1-4H3. The number of rotatable bonds is 9. The minimum atomic E-state index is -0.244. The molecule has 1 aromatic rings. The Morgan fingerprint density at radius 3 is 2.62 bits per heavy atom. The summed E-state index contributed by atoms with van der Waals surface area (Å²) < 4.78 is 10.7. The summed E-state index contributed by atoms with van der Waals surface area (Å²) in [6, 6.07) is 8.15. The van der Waals surface area contributed by atoms with Crippen LogP contribution >= 0.6 is 0 Å². The summed E-state index contributed by atoms with van der Waals surface area (Å²) in [5, 5.41) is 15.5. The molecule has 1 aromatic carbocycles. The molecule has 7 nitrogen and oxygen atoms in total. The van der Waals surface area contributed by atoms with Crippen LogP contribution in [0, 0.1) is 5.41 Å². The lowest BCUT2D eigenvalue weighted by Crippen LogP contribution is -2.31. The van der Waals surface area contributed by atoms with E-state index in [9.17, 15) is 0 Å². The first-order valence-corrected chi connectivity index (χ1v) is 8.74. The van der Waals surface area contributed by atoms with Gasteiger partial charge in [0.25, 0.3) is 0 Å². The van der Waals surface area contributed by atoms with E-state index < -0.39 is 0 Å². The van der Waals surface area contributed by atoms with Gasteiger partial charge in [-0.15, -0.1) is 0 Å². The fraction of sp³-hybridized carbons (Fsp3) is 0.474. The van der Waals surface area contributed by atoms with Crippen molar-refractivity contribution >= 4 is 22.8 Å². The maximum absolute atomic E-state index is 7.93. The van der Waals surface area contributed by atoms with Crippen LogP contribution in [0.3, 0.4) is 0 Å². The highest BCUT2D eigenvalue weighted by Gasteiger charge is 2.25. The van der Waals surface area contributed by atoms with Gasteiger partial charge in [0.05, 0.1) is 24.2 Å². The number of methoxy groups -OCH3 is 2. The second-order valence-corrected chi connectivity index (χ2v) is 6.19. The van der Waals surface area contributed by atoms with E-state index in [0.29, 0.717) is 23.6 Å². The fourth-order valence-electron chi connectivity index (χ4n) is 2.74. The van der Waals surface area contributed by atoms with E-state index in [1.807, 2.05) is 19.2 Å². The zero-order chi connectivity index (χ0) is 18.9. The molecule has 0 saturated carbocycles. The molecule has 0 heterocycles. The molecule has 7 heteroatoms. The van der Waals surface area contributed by atoms with Gasteiger partial charge in [-0.1, -0.05) is 0 Å². The van der Waals surface area contributed by atoms with Gasteiger partial charge in [-0.05, 0) is 44.3 Å². The van der Waals surface area contributed by atoms with Crippen LogP contribution in [0.2, 0.25) is 0 Å². The summed E-state index contributed by atoms with van der Waals surface area (Å²) in [5.74, 6) is 0.525. The smallest absolute Gasteiger partial charge is 0.141 e. The summed E-state index contributed by atoms with van der Waals surface area (Å²) in [7, 11) is 7.24. The maximum Gasteiger partial charge on any atom is 0.141 e. The van der Waals surface area contributed by atoms with Crippen molar-refractivity contribution < 1.29 is 9.47 Å². The van der Waals surface area contributed by atoms with Gasteiger partial charge in [0.1, 0.15) is 11.9 Å². The van der Waals surface area contributed by atoms with Crippen molar-refractivity contribution in [1.82, 2.24) is 5.32 Å². The van der Waals surface area contributed by atoms with Crippen molar-refractivity contribution in [2.24, 2.45) is 5.10 Å². The Bertz CT molecular complexity index is 654. The lowest BCUT2D eigenvalue weighted by atomic mass is 9.99. The topological polar surface area (TPSA) is 82.0 Å². The summed E-state index contributed by atoms with van der Waals surface area (Å²) in [6.45, 7) is 2.01. The summed E-state index contributed by atoms with van der Waals surface area (Å²) in [4.78, 5) is 2.23. The molecule has 0 amide bonds. The molecule has 0 bridgehead atoms. The highest BCUT2D eigenvalue weighted by Crippen LogP contribution is 2.19. The van der Waals surface area contributed by atoms with Crippen molar-refractivity contribution in [3.05, 3.63) is 36.1 Å². The second kappa shape index (κ2) is 9.94. The lowest BCUT2D eigenvalue weighted by molar-refractivity contribution is 0.159. The Kier molecular flexibility index (Phi) is 7.62. The zero-order valence-electron chi connectivity index (χ0n) is 16.0. The van der Waals surface area contributed by atoms with E-state index in [1.54, 1.807) is 20.3 Å². The molecular formula is C19H29N5O2. The molecule has 0 radical (unpaired) electrons. The van der Waals surface area contributed by atoms with Gasteiger partial charge in [0.2, 0.25) is 0 Å². The van der Waals surface area contributed by atoms with Gasteiger partial charge in [-0.2, -0.15) is 5.10 Å². The molecular weight excluding hydrogens is 330 g/mol. The molecule has 0 spiro atoms. The van der Waals surface area contributed by atoms with Gasteiger partial charge < -0.3 is 25.1 Å². The van der Waals surface area contributed by atoms with Crippen molar-refractivity contribution in [2.45, 2.75) is 18.9 Å².